The summed E-state index contributed by atoms with van der Waals surface area (Å²) in [6, 6.07) is 3.06. The molecule has 1 saturated heterocycles. The molecule has 0 spiro atoms. The number of hydrogen-bond acceptors (Lipinski definition) is 3. The number of likely N-dealkylation sites (tertiary alicyclic amines) is 1. The summed E-state index contributed by atoms with van der Waals surface area (Å²) in [5.74, 6) is -3.93. The fourth-order valence-electron chi connectivity index (χ4n) is 2.37. The van der Waals surface area contributed by atoms with E-state index in [4.69, 9.17) is 0 Å². The Kier molecular flexibility index (Phi) is 3.89. The monoisotopic (exact) mass is 295 g/mol. The molecular formula is C15H15F2NO3. The third-order valence-corrected chi connectivity index (χ3v) is 3.40. The average Bonchev–Trinajstić information content (AvgIpc) is 2.32. The van der Waals surface area contributed by atoms with E-state index in [2.05, 4.69) is 0 Å². The minimum Gasteiger partial charge on any atom is -0.292 e. The van der Waals surface area contributed by atoms with Gasteiger partial charge in [0.15, 0.2) is 5.78 Å². The number of piperidine rings is 1. The number of Topliss-reactive ketones (excluding diaryl/α,β-unsaturated/α-hetero) is 1. The lowest BCUT2D eigenvalue weighted by Gasteiger charge is -2.34. The van der Waals surface area contributed by atoms with Crippen molar-refractivity contribution in [1.29, 1.82) is 0 Å². The predicted octanol–water partition coefficient (Wildman–Crippen LogP) is 2.32. The van der Waals surface area contributed by atoms with E-state index in [0.29, 0.717) is 0 Å². The molecule has 0 aliphatic carbocycles. The molecule has 0 atom stereocenters. The molecule has 1 aromatic rings. The topological polar surface area (TPSA) is 54.5 Å². The van der Waals surface area contributed by atoms with Crippen molar-refractivity contribution < 1.29 is 23.2 Å². The lowest BCUT2D eigenvalue weighted by molar-refractivity contribution is -0.151. The first-order valence-electron chi connectivity index (χ1n) is 6.52. The average molecular weight is 295 g/mol. The highest BCUT2D eigenvalue weighted by atomic mass is 19.1. The Labute approximate surface area is 120 Å². The molecule has 0 saturated carbocycles. The fourth-order valence-corrected chi connectivity index (χ4v) is 2.37. The molecule has 6 heteroatoms. The van der Waals surface area contributed by atoms with Gasteiger partial charge in [0, 0.05) is 12.8 Å². The fraction of sp³-hybridized carbons (Fsp3) is 0.400. The molecule has 4 nitrogen and oxygen atoms in total. The van der Waals surface area contributed by atoms with Gasteiger partial charge in [-0.15, -0.1) is 0 Å². The van der Waals surface area contributed by atoms with Crippen molar-refractivity contribution in [2.75, 3.05) is 6.54 Å². The summed E-state index contributed by atoms with van der Waals surface area (Å²) in [5, 5.41) is 0. The van der Waals surface area contributed by atoms with Crippen molar-refractivity contribution in [3.05, 3.63) is 35.4 Å². The van der Waals surface area contributed by atoms with E-state index in [9.17, 15) is 23.2 Å². The number of carbonyl (C=O) groups is 3. The SMILES string of the molecule is CC1(C)CC(=O)N(CC(=O)c2c(F)cccc2F)C(=O)C1. The highest BCUT2D eigenvalue weighted by Gasteiger charge is 2.38. The van der Waals surface area contributed by atoms with Gasteiger partial charge in [-0.25, -0.2) is 8.78 Å². The van der Waals surface area contributed by atoms with E-state index in [0.717, 1.165) is 23.1 Å². The van der Waals surface area contributed by atoms with Crippen LogP contribution in [0, 0.1) is 17.0 Å². The molecule has 2 rings (SSSR count). The molecule has 1 aliphatic rings. The van der Waals surface area contributed by atoms with Crippen LogP contribution in [0.1, 0.15) is 37.0 Å². The number of nitrogens with zero attached hydrogens (tertiary/aromatic N) is 1. The minimum absolute atomic E-state index is 0.117. The van der Waals surface area contributed by atoms with E-state index in [1.807, 2.05) is 0 Å². The largest absolute Gasteiger partial charge is 0.292 e. The summed E-state index contributed by atoms with van der Waals surface area (Å²) in [6.07, 6.45) is 0.234. The number of imide groups is 1. The number of ketones is 1. The Morgan fingerprint density at radius 2 is 1.62 bits per heavy atom. The van der Waals surface area contributed by atoms with Crippen molar-refractivity contribution in [3.8, 4) is 0 Å². The van der Waals surface area contributed by atoms with E-state index in [-0.39, 0.29) is 12.8 Å². The molecule has 2 amide bonds. The van der Waals surface area contributed by atoms with Crippen LogP contribution in [0.25, 0.3) is 0 Å². The number of rotatable bonds is 3. The molecule has 0 bridgehead atoms. The first kappa shape index (κ1) is 15.3. The Hall–Kier alpha value is -2.11. The second-order valence-electron chi connectivity index (χ2n) is 5.91. The molecule has 21 heavy (non-hydrogen) atoms. The predicted molar refractivity (Wildman–Crippen MR) is 70.4 cm³/mol. The van der Waals surface area contributed by atoms with Crippen molar-refractivity contribution in [1.82, 2.24) is 4.90 Å². The highest BCUT2D eigenvalue weighted by Crippen LogP contribution is 2.31. The Morgan fingerprint density at radius 1 is 1.14 bits per heavy atom. The van der Waals surface area contributed by atoms with Crippen LogP contribution in [0.15, 0.2) is 18.2 Å². The molecule has 1 aromatic carbocycles. The first-order valence-corrected chi connectivity index (χ1v) is 6.52. The van der Waals surface area contributed by atoms with E-state index in [1.54, 1.807) is 13.8 Å². The third kappa shape index (κ3) is 3.15. The highest BCUT2D eigenvalue weighted by molar-refractivity contribution is 6.06. The first-order chi connectivity index (χ1) is 9.71. The summed E-state index contributed by atoms with van der Waals surface area (Å²) in [5.41, 5.74) is -1.18. The summed E-state index contributed by atoms with van der Waals surface area (Å²) < 4.78 is 27.0. The van der Waals surface area contributed by atoms with E-state index < -0.39 is 46.8 Å². The molecule has 0 unspecified atom stereocenters. The van der Waals surface area contributed by atoms with Gasteiger partial charge in [-0.1, -0.05) is 19.9 Å². The van der Waals surface area contributed by atoms with Gasteiger partial charge in [0.1, 0.15) is 11.6 Å². The number of hydrogen-bond donors (Lipinski definition) is 0. The molecule has 1 heterocycles. The van der Waals surface area contributed by atoms with Crippen molar-refractivity contribution in [2.45, 2.75) is 26.7 Å². The standard InChI is InChI=1S/C15H15F2NO3/c1-15(2)6-12(20)18(13(21)7-15)8-11(19)14-9(16)4-3-5-10(14)17/h3-5H,6-8H2,1-2H3. The molecular weight excluding hydrogens is 280 g/mol. The Bertz CT molecular complexity index is 585. The van der Waals surface area contributed by atoms with Gasteiger partial charge in [0.05, 0.1) is 12.1 Å². The number of halogens is 2. The zero-order valence-corrected chi connectivity index (χ0v) is 11.8. The van der Waals surface area contributed by atoms with Gasteiger partial charge in [-0.05, 0) is 17.5 Å². The second-order valence-corrected chi connectivity index (χ2v) is 5.91. The van der Waals surface area contributed by atoms with Crippen LogP contribution < -0.4 is 0 Å². The summed E-state index contributed by atoms with van der Waals surface area (Å²) in [4.78, 5) is 36.6. The van der Waals surface area contributed by atoms with E-state index >= 15 is 0 Å². The van der Waals surface area contributed by atoms with Crippen LogP contribution in [0.5, 0.6) is 0 Å². The number of carbonyl (C=O) groups excluding carboxylic acids is 3. The lowest BCUT2D eigenvalue weighted by atomic mass is 9.81. The third-order valence-electron chi connectivity index (χ3n) is 3.40. The van der Waals surface area contributed by atoms with Crippen LogP contribution in [-0.4, -0.2) is 29.0 Å². The van der Waals surface area contributed by atoms with Crippen molar-refractivity contribution in [2.24, 2.45) is 5.41 Å². The van der Waals surface area contributed by atoms with Gasteiger partial charge < -0.3 is 0 Å². The molecule has 0 N–H and O–H groups in total. The molecule has 0 aromatic heterocycles. The van der Waals surface area contributed by atoms with Crippen LogP contribution >= 0.6 is 0 Å². The summed E-state index contributed by atoms with van der Waals surface area (Å²) in [7, 11) is 0. The van der Waals surface area contributed by atoms with Crippen LogP contribution in [0.4, 0.5) is 8.78 Å². The van der Waals surface area contributed by atoms with Crippen LogP contribution in [0.3, 0.4) is 0 Å². The number of benzene rings is 1. The summed E-state index contributed by atoms with van der Waals surface area (Å²) >= 11 is 0. The van der Waals surface area contributed by atoms with Crippen LogP contribution in [0.2, 0.25) is 0 Å². The normalized spacial score (nSPS) is 18.0. The number of amides is 2. The maximum absolute atomic E-state index is 13.5. The smallest absolute Gasteiger partial charge is 0.230 e. The maximum atomic E-state index is 13.5. The Morgan fingerprint density at radius 3 is 2.10 bits per heavy atom. The van der Waals surface area contributed by atoms with Gasteiger partial charge >= 0.3 is 0 Å². The van der Waals surface area contributed by atoms with Gasteiger partial charge in [0.25, 0.3) is 0 Å². The Balaban J connectivity index is 2.20. The molecule has 0 radical (unpaired) electrons. The van der Waals surface area contributed by atoms with Gasteiger partial charge in [0.2, 0.25) is 11.8 Å². The second kappa shape index (κ2) is 5.35. The molecule has 112 valence electrons. The minimum atomic E-state index is -1.00. The zero-order chi connectivity index (χ0) is 15.8. The zero-order valence-electron chi connectivity index (χ0n) is 11.8. The van der Waals surface area contributed by atoms with E-state index in [1.165, 1.54) is 0 Å². The maximum Gasteiger partial charge on any atom is 0.230 e. The van der Waals surface area contributed by atoms with Crippen molar-refractivity contribution >= 4 is 17.6 Å². The lowest BCUT2D eigenvalue weighted by Crippen LogP contribution is -2.48. The van der Waals surface area contributed by atoms with Gasteiger partial charge in [-0.3, -0.25) is 19.3 Å². The van der Waals surface area contributed by atoms with Gasteiger partial charge in [-0.2, -0.15) is 0 Å². The van der Waals surface area contributed by atoms with Crippen molar-refractivity contribution in [3.63, 3.8) is 0 Å². The molecule has 1 aliphatic heterocycles. The summed E-state index contributed by atoms with van der Waals surface area (Å²) in [6.45, 7) is 2.92. The van der Waals surface area contributed by atoms with Crippen LogP contribution in [-0.2, 0) is 9.59 Å². The quantitative estimate of drug-likeness (QED) is 0.635. The molecule has 1 fully saturated rings.